The number of halogens is 1. The third-order valence-electron chi connectivity index (χ3n) is 3.41. The Balaban J connectivity index is 2.04. The minimum atomic E-state index is -3.40. The summed E-state index contributed by atoms with van der Waals surface area (Å²) in [4.78, 5) is 4.20. The molecule has 0 aliphatic carbocycles. The maximum atomic E-state index is 11.7. The van der Waals surface area contributed by atoms with Gasteiger partial charge in [0.2, 0.25) is 10.0 Å². The van der Waals surface area contributed by atoms with Gasteiger partial charge in [0, 0.05) is 25.0 Å². The molecule has 2 aromatic rings. The van der Waals surface area contributed by atoms with Gasteiger partial charge in [0.25, 0.3) is 0 Å². The zero-order valence-electron chi connectivity index (χ0n) is 12.4. The maximum Gasteiger partial charge on any atom is 0.240 e. The molecule has 0 saturated heterocycles. The second-order valence-corrected chi connectivity index (χ2v) is 7.14. The first kappa shape index (κ1) is 16.9. The van der Waals surface area contributed by atoms with E-state index in [0.717, 1.165) is 11.1 Å². The Bertz CT molecular complexity index is 733. The van der Waals surface area contributed by atoms with E-state index in [2.05, 4.69) is 15.0 Å². The molecule has 0 aliphatic rings. The molecule has 0 radical (unpaired) electrons. The first-order chi connectivity index (χ1) is 10.4. The molecule has 2 rings (SSSR count). The van der Waals surface area contributed by atoms with Gasteiger partial charge < -0.3 is 5.32 Å². The highest BCUT2D eigenvalue weighted by Crippen LogP contribution is 2.18. The van der Waals surface area contributed by atoms with Crippen molar-refractivity contribution in [2.24, 2.45) is 0 Å². The fourth-order valence-electron chi connectivity index (χ4n) is 1.98. The molecule has 2 N–H and O–H groups in total. The average molecular weight is 340 g/mol. The molecule has 118 valence electrons. The van der Waals surface area contributed by atoms with Crippen LogP contribution in [0.4, 0.5) is 0 Å². The topological polar surface area (TPSA) is 71.1 Å². The van der Waals surface area contributed by atoms with E-state index in [9.17, 15) is 8.42 Å². The molecule has 22 heavy (non-hydrogen) atoms. The van der Waals surface area contributed by atoms with E-state index in [1.807, 2.05) is 13.0 Å². The molecule has 1 heterocycles. The summed E-state index contributed by atoms with van der Waals surface area (Å²) in [6.07, 6.45) is 3.31. The van der Waals surface area contributed by atoms with E-state index in [1.165, 1.54) is 7.05 Å². The monoisotopic (exact) mass is 339 g/mol. The van der Waals surface area contributed by atoms with Crippen LogP contribution in [0.25, 0.3) is 0 Å². The van der Waals surface area contributed by atoms with Crippen LogP contribution < -0.4 is 10.0 Å². The number of aromatic nitrogens is 1. The Morgan fingerprint density at radius 3 is 2.50 bits per heavy atom. The van der Waals surface area contributed by atoms with E-state index in [1.54, 1.807) is 36.7 Å². The standard InChI is InChI=1S/C15H18ClN3O2S/c1-11(19-9-13-7-8-18-10-15(13)16)12-3-5-14(6-4-12)22(20,21)17-2/h3-8,10-11,17,19H,9H2,1-2H3/t11-/m1/s1. The Hall–Kier alpha value is -1.47. The summed E-state index contributed by atoms with van der Waals surface area (Å²) in [6.45, 7) is 2.62. The molecule has 7 heteroatoms. The van der Waals surface area contributed by atoms with Gasteiger partial charge in [-0.05, 0) is 43.3 Å². The molecule has 0 bridgehead atoms. The number of nitrogens with one attached hydrogen (secondary N) is 2. The lowest BCUT2D eigenvalue weighted by Gasteiger charge is -2.15. The number of hydrogen-bond acceptors (Lipinski definition) is 4. The number of hydrogen-bond donors (Lipinski definition) is 2. The smallest absolute Gasteiger partial charge is 0.240 e. The summed E-state index contributed by atoms with van der Waals surface area (Å²) in [5.74, 6) is 0. The molecule has 1 aromatic heterocycles. The van der Waals surface area contributed by atoms with Crippen LogP contribution >= 0.6 is 11.6 Å². The van der Waals surface area contributed by atoms with Crippen molar-refractivity contribution in [2.75, 3.05) is 7.05 Å². The largest absolute Gasteiger partial charge is 0.306 e. The fraction of sp³-hybridized carbons (Fsp3) is 0.267. The quantitative estimate of drug-likeness (QED) is 0.848. The maximum absolute atomic E-state index is 11.7. The van der Waals surface area contributed by atoms with Crippen LogP contribution in [0.5, 0.6) is 0 Å². The van der Waals surface area contributed by atoms with E-state index >= 15 is 0 Å². The normalized spacial score (nSPS) is 13.0. The zero-order valence-corrected chi connectivity index (χ0v) is 13.9. The third kappa shape index (κ3) is 4.04. The molecular formula is C15H18ClN3O2S. The van der Waals surface area contributed by atoms with Crippen molar-refractivity contribution in [3.63, 3.8) is 0 Å². The van der Waals surface area contributed by atoms with Crippen molar-refractivity contribution >= 4 is 21.6 Å². The first-order valence-electron chi connectivity index (χ1n) is 6.79. The van der Waals surface area contributed by atoms with E-state index in [-0.39, 0.29) is 10.9 Å². The minimum Gasteiger partial charge on any atom is -0.306 e. The van der Waals surface area contributed by atoms with Gasteiger partial charge in [0.1, 0.15) is 0 Å². The second-order valence-electron chi connectivity index (χ2n) is 4.85. The van der Waals surface area contributed by atoms with Gasteiger partial charge in [-0.25, -0.2) is 13.1 Å². The molecule has 5 nitrogen and oxygen atoms in total. The number of sulfonamides is 1. The lowest BCUT2D eigenvalue weighted by Crippen LogP contribution is -2.20. The highest BCUT2D eigenvalue weighted by Gasteiger charge is 2.12. The second kappa shape index (κ2) is 7.19. The highest BCUT2D eigenvalue weighted by molar-refractivity contribution is 7.89. The van der Waals surface area contributed by atoms with Crippen molar-refractivity contribution in [2.45, 2.75) is 24.4 Å². The summed E-state index contributed by atoms with van der Waals surface area (Å²) in [7, 11) is -2.00. The third-order valence-corrected chi connectivity index (χ3v) is 5.18. The van der Waals surface area contributed by atoms with Crippen LogP contribution in [-0.4, -0.2) is 20.4 Å². The molecule has 0 aliphatic heterocycles. The SMILES string of the molecule is CNS(=O)(=O)c1ccc([C@@H](C)NCc2ccncc2Cl)cc1. The first-order valence-corrected chi connectivity index (χ1v) is 8.65. The Kier molecular flexibility index (Phi) is 5.52. The van der Waals surface area contributed by atoms with Crippen molar-refractivity contribution in [3.8, 4) is 0 Å². The lowest BCUT2D eigenvalue weighted by atomic mass is 10.1. The van der Waals surface area contributed by atoms with Crippen LogP contribution in [0, 0.1) is 0 Å². The van der Waals surface area contributed by atoms with Crippen molar-refractivity contribution in [1.82, 2.24) is 15.0 Å². The molecule has 1 aromatic carbocycles. The van der Waals surface area contributed by atoms with Gasteiger partial charge in [-0.2, -0.15) is 0 Å². The predicted molar refractivity (Wildman–Crippen MR) is 87.2 cm³/mol. The minimum absolute atomic E-state index is 0.0653. The summed E-state index contributed by atoms with van der Waals surface area (Å²) in [5.41, 5.74) is 1.97. The molecule has 0 fully saturated rings. The summed E-state index contributed by atoms with van der Waals surface area (Å²) in [6, 6.07) is 8.73. The number of pyridine rings is 1. The molecule has 1 atom stereocenters. The van der Waals surface area contributed by atoms with Gasteiger partial charge in [0.15, 0.2) is 0 Å². The van der Waals surface area contributed by atoms with E-state index in [0.29, 0.717) is 11.6 Å². The molecule has 0 amide bonds. The molecule has 0 spiro atoms. The predicted octanol–water partition coefficient (Wildman–Crippen LogP) is 2.49. The number of nitrogens with zero attached hydrogens (tertiary/aromatic N) is 1. The van der Waals surface area contributed by atoms with Gasteiger partial charge in [-0.3, -0.25) is 4.98 Å². The summed E-state index contributed by atoms with van der Waals surface area (Å²) < 4.78 is 25.7. The lowest BCUT2D eigenvalue weighted by molar-refractivity contribution is 0.573. The fourth-order valence-corrected chi connectivity index (χ4v) is 2.90. The van der Waals surface area contributed by atoms with Gasteiger partial charge in [-0.1, -0.05) is 23.7 Å². The molecule has 0 unspecified atom stereocenters. The number of rotatable bonds is 6. The van der Waals surface area contributed by atoms with Crippen molar-refractivity contribution in [1.29, 1.82) is 0 Å². The van der Waals surface area contributed by atoms with E-state index in [4.69, 9.17) is 11.6 Å². The Morgan fingerprint density at radius 1 is 1.23 bits per heavy atom. The molecular weight excluding hydrogens is 322 g/mol. The molecule has 0 saturated carbocycles. The van der Waals surface area contributed by atoms with Crippen LogP contribution in [0.15, 0.2) is 47.6 Å². The number of benzene rings is 1. The van der Waals surface area contributed by atoms with Crippen LogP contribution in [-0.2, 0) is 16.6 Å². The summed E-state index contributed by atoms with van der Waals surface area (Å²) in [5, 5.41) is 3.97. The summed E-state index contributed by atoms with van der Waals surface area (Å²) >= 11 is 6.06. The Morgan fingerprint density at radius 2 is 1.91 bits per heavy atom. The highest BCUT2D eigenvalue weighted by atomic mass is 35.5. The van der Waals surface area contributed by atoms with Crippen molar-refractivity contribution < 1.29 is 8.42 Å². The van der Waals surface area contributed by atoms with E-state index < -0.39 is 10.0 Å². The van der Waals surface area contributed by atoms with Crippen LogP contribution in [0.3, 0.4) is 0 Å². The van der Waals surface area contributed by atoms with Gasteiger partial charge in [0.05, 0.1) is 9.92 Å². The average Bonchev–Trinajstić information content (AvgIpc) is 2.54. The van der Waals surface area contributed by atoms with Crippen molar-refractivity contribution in [3.05, 3.63) is 58.9 Å². The van der Waals surface area contributed by atoms with Gasteiger partial charge >= 0.3 is 0 Å². The van der Waals surface area contributed by atoms with Crippen LogP contribution in [0.2, 0.25) is 5.02 Å². The zero-order chi connectivity index (χ0) is 16.2. The van der Waals surface area contributed by atoms with Gasteiger partial charge in [-0.15, -0.1) is 0 Å². The Labute approximate surface area is 135 Å². The van der Waals surface area contributed by atoms with Crippen LogP contribution in [0.1, 0.15) is 24.1 Å².